The van der Waals surface area contributed by atoms with Crippen LogP contribution in [0.5, 0.6) is 0 Å². The topological polar surface area (TPSA) is 61.4 Å². The van der Waals surface area contributed by atoms with Gasteiger partial charge in [0.05, 0.1) is 12.1 Å². The summed E-state index contributed by atoms with van der Waals surface area (Å²) in [6, 6.07) is -0.258. The van der Waals surface area contributed by atoms with Crippen molar-refractivity contribution in [2.45, 2.75) is 31.4 Å². The van der Waals surface area contributed by atoms with Crippen LogP contribution in [-0.4, -0.2) is 30.3 Å². The first kappa shape index (κ1) is 8.33. The molecule has 0 heterocycles. The molecule has 0 aromatic carbocycles. The Kier molecular flexibility index (Phi) is 2.70. The molecule has 4 heteroatoms. The van der Waals surface area contributed by atoms with Crippen molar-refractivity contribution in [2.75, 3.05) is 7.05 Å². The summed E-state index contributed by atoms with van der Waals surface area (Å²) in [6.45, 7) is 0. The summed E-state index contributed by atoms with van der Waals surface area (Å²) in [5.41, 5.74) is 0. The van der Waals surface area contributed by atoms with Gasteiger partial charge in [-0.15, -0.1) is 0 Å². The minimum Gasteiger partial charge on any atom is -0.391 e. The Morgan fingerprint density at radius 2 is 2.27 bits per heavy atom. The predicted molar refractivity (Wildman–Crippen MR) is 41.2 cm³/mol. The lowest BCUT2D eigenvalue weighted by atomic mass is 10.2. The van der Waals surface area contributed by atoms with Gasteiger partial charge >= 0.3 is 6.03 Å². The van der Waals surface area contributed by atoms with Crippen LogP contribution in [0.1, 0.15) is 19.3 Å². The molecule has 1 saturated carbocycles. The Morgan fingerprint density at radius 1 is 1.55 bits per heavy atom. The van der Waals surface area contributed by atoms with Crippen LogP contribution in [-0.2, 0) is 0 Å². The number of carbonyl (C=O) groups is 1. The highest BCUT2D eigenvalue weighted by molar-refractivity contribution is 5.73. The Hall–Kier alpha value is -0.770. The second-order valence-corrected chi connectivity index (χ2v) is 2.83. The van der Waals surface area contributed by atoms with E-state index in [0.717, 1.165) is 19.3 Å². The summed E-state index contributed by atoms with van der Waals surface area (Å²) < 4.78 is 0. The van der Waals surface area contributed by atoms with Crippen LogP contribution in [0.2, 0.25) is 0 Å². The Bertz CT molecular complexity index is 149. The van der Waals surface area contributed by atoms with Crippen molar-refractivity contribution < 1.29 is 9.90 Å². The smallest absolute Gasteiger partial charge is 0.314 e. The van der Waals surface area contributed by atoms with Crippen LogP contribution in [0, 0.1) is 0 Å². The highest BCUT2D eigenvalue weighted by atomic mass is 16.3. The van der Waals surface area contributed by atoms with Crippen molar-refractivity contribution in [3.8, 4) is 0 Å². The van der Waals surface area contributed by atoms with Gasteiger partial charge in [0.1, 0.15) is 0 Å². The SMILES string of the molecule is CNC(=O)NC1CCCC1O. The van der Waals surface area contributed by atoms with E-state index >= 15 is 0 Å². The number of urea groups is 1. The molecule has 4 nitrogen and oxygen atoms in total. The zero-order valence-electron chi connectivity index (χ0n) is 6.63. The third-order valence-electron chi connectivity index (χ3n) is 2.02. The van der Waals surface area contributed by atoms with Crippen molar-refractivity contribution in [2.24, 2.45) is 0 Å². The largest absolute Gasteiger partial charge is 0.391 e. The molecule has 64 valence electrons. The first-order chi connectivity index (χ1) is 5.24. The van der Waals surface area contributed by atoms with Gasteiger partial charge in [-0.05, 0) is 19.3 Å². The maximum Gasteiger partial charge on any atom is 0.314 e. The molecule has 2 atom stereocenters. The number of aliphatic hydroxyl groups is 1. The number of carbonyl (C=O) groups excluding carboxylic acids is 1. The number of amides is 2. The van der Waals surface area contributed by atoms with E-state index < -0.39 is 0 Å². The summed E-state index contributed by atoms with van der Waals surface area (Å²) in [4.78, 5) is 10.8. The lowest BCUT2D eigenvalue weighted by Crippen LogP contribution is -2.44. The standard InChI is InChI=1S/C7H14N2O2/c1-8-7(11)9-5-3-2-4-6(5)10/h5-6,10H,2-4H2,1H3,(H2,8,9,11). The van der Waals surface area contributed by atoms with Crippen LogP contribution in [0.4, 0.5) is 4.79 Å². The fourth-order valence-corrected chi connectivity index (χ4v) is 1.35. The second kappa shape index (κ2) is 3.57. The molecule has 1 rings (SSSR count). The van der Waals surface area contributed by atoms with Gasteiger partial charge in [0.2, 0.25) is 0 Å². The van der Waals surface area contributed by atoms with Gasteiger partial charge in [0, 0.05) is 7.05 Å². The van der Waals surface area contributed by atoms with Crippen molar-refractivity contribution in [3.05, 3.63) is 0 Å². The average Bonchev–Trinajstić information content (AvgIpc) is 2.37. The highest BCUT2D eigenvalue weighted by Gasteiger charge is 2.25. The molecule has 0 saturated heterocycles. The molecule has 1 aliphatic rings. The number of nitrogens with one attached hydrogen (secondary N) is 2. The monoisotopic (exact) mass is 158 g/mol. The third-order valence-corrected chi connectivity index (χ3v) is 2.02. The lowest BCUT2D eigenvalue weighted by molar-refractivity contribution is 0.150. The third kappa shape index (κ3) is 2.08. The first-order valence-electron chi connectivity index (χ1n) is 3.90. The predicted octanol–water partition coefficient (Wildman–Crippen LogP) is -0.171. The molecular formula is C7H14N2O2. The number of aliphatic hydroxyl groups excluding tert-OH is 1. The fraction of sp³-hybridized carbons (Fsp3) is 0.857. The maximum atomic E-state index is 10.8. The first-order valence-corrected chi connectivity index (χ1v) is 3.90. The molecule has 0 spiro atoms. The maximum absolute atomic E-state index is 10.8. The van der Waals surface area contributed by atoms with E-state index in [-0.39, 0.29) is 18.2 Å². The van der Waals surface area contributed by atoms with Crippen molar-refractivity contribution >= 4 is 6.03 Å². The molecular weight excluding hydrogens is 144 g/mol. The van der Waals surface area contributed by atoms with Crippen molar-refractivity contribution in [1.82, 2.24) is 10.6 Å². The summed E-state index contributed by atoms with van der Waals surface area (Å²) in [6.07, 6.45) is 2.33. The number of hydrogen-bond acceptors (Lipinski definition) is 2. The van der Waals surface area contributed by atoms with Crippen LogP contribution in [0.15, 0.2) is 0 Å². The van der Waals surface area contributed by atoms with E-state index in [1.54, 1.807) is 7.05 Å². The summed E-state index contributed by atoms with van der Waals surface area (Å²) in [5.74, 6) is 0. The summed E-state index contributed by atoms with van der Waals surface area (Å²) in [7, 11) is 1.57. The zero-order chi connectivity index (χ0) is 8.27. The molecule has 0 aliphatic heterocycles. The van der Waals surface area contributed by atoms with Gasteiger partial charge in [0.15, 0.2) is 0 Å². The van der Waals surface area contributed by atoms with E-state index in [1.807, 2.05) is 0 Å². The molecule has 3 N–H and O–H groups in total. The van der Waals surface area contributed by atoms with Crippen LogP contribution >= 0.6 is 0 Å². The zero-order valence-corrected chi connectivity index (χ0v) is 6.63. The van der Waals surface area contributed by atoms with Gasteiger partial charge in [0.25, 0.3) is 0 Å². The van der Waals surface area contributed by atoms with Crippen LogP contribution in [0.3, 0.4) is 0 Å². The van der Waals surface area contributed by atoms with Gasteiger partial charge in [-0.3, -0.25) is 0 Å². The Labute approximate surface area is 66.0 Å². The van der Waals surface area contributed by atoms with Crippen molar-refractivity contribution in [3.63, 3.8) is 0 Å². The number of hydrogen-bond donors (Lipinski definition) is 3. The van der Waals surface area contributed by atoms with E-state index in [4.69, 9.17) is 0 Å². The molecule has 0 radical (unpaired) electrons. The van der Waals surface area contributed by atoms with Gasteiger partial charge in [-0.2, -0.15) is 0 Å². The molecule has 1 aliphatic carbocycles. The van der Waals surface area contributed by atoms with E-state index in [2.05, 4.69) is 10.6 Å². The van der Waals surface area contributed by atoms with Crippen LogP contribution in [0.25, 0.3) is 0 Å². The molecule has 1 fully saturated rings. The normalized spacial score (nSPS) is 30.0. The molecule has 0 bridgehead atoms. The van der Waals surface area contributed by atoms with Gasteiger partial charge < -0.3 is 15.7 Å². The lowest BCUT2D eigenvalue weighted by Gasteiger charge is -2.15. The molecule has 0 aromatic rings. The Morgan fingerprint density at radius 3 is 2.73 bits per heavy atom. The fourth-order valence-electron chi connectivity index (χ4n) is 1.35. The second-order valence-electron chi connectivity index (χ2n) is 2.83. The average molecular weight is 158 g/mol. The highest BCUT2D eigenvalue weighted by Crippen LogP contribution is 2.18. The minimum absolute atomic E-state index is 0.0463. The number of rotatable bonds is 1. The van der Waals surface area contributed by atoms with E-state index in [9.17, 15) is 9.90 Å². The Balaban J connectivity index is 2.30. The summed E-state index contributed by atoms with van der Waals surface area (Å²) >= 11 is 0. The summed E-state index contributed by atoms with van der Waals surface area (Å²) in [5, 5.41) is 14.4. The molecule has 2 unspecified atom stereocenters. The van der Waals surface area contributed by atoms with Crippen LogP contribution < -0.4 is 10.6 Å². The van der Waals surface area contributed by atoms with E-state index in [0.29, 0.717) is 0 Å². The molecule has 2 amide bonds. The van der Waals surface area contributed by atoms with E-state index in [1.165, 1.54) is 0 Å². The van der Waals surface area contributed by atoms with Crippen molar-refractivity contribution in [1.29, 1.82) is 0 Å². The molecule has 11 heavy (non-hydrogen) atoms. The molecule has 0 aromatic heterocycles. The quantitative estimate of drug-likeness (QED) is 0.496. The van der Waals surface area contributed by atoms with Gasteiger partial charge in [-0.25, -0.2) is 4.79 Å². The minimum atomic E-state index is -0.354. The van der Waals surface area contributed by atoms with Gasteiger partial charge in [-0.1, -0.05) is 0 Å².